The van der Waals surface area contributed by atoms with E-state index in [1.54, 1.807) is 6.20 Å². The summed E-state index contributed by atoms with van der Waals surface area (Å²) in [7, 11) is 0. The number of aromatic nitrogens is 1. The maximum absolute atomic E-state index is 12.9. The Morgan fingerprint density at radius 1 is 1.07 bits per heavy atom. The van der Waals surface area contributed by atoms with Gasteiger partial charge in [0.05, 0.1) is 18.8 Å². The van der Waals surface area contributed by atoms with Gasteiger partial charge in [-0.25, -0.2) is 0 Å². The van der Waals surface area contributed by atoms with Crippen LogP contribution in [0.3, 0.4) is 0 Å². The number of benzene rings is 1. The molecule has 158 valence electrons. The van der Waals surface area contributed by atoms with Gasteiger partial charge in [0.25, 0.3) is 0 Å². The van der Waals surface area contributed by atoms with Crippen LogP contribution in [0.15, 0.2) is 54.7 Å². The van der Waals surface area contributed by atoms with Crippen molar-refractivity contribution in [1.29, 1.82) is 0 Å². The summed E-state index contributed by atoms with van der Waals surface area (Å²) in [6, 6.07) is 15.6. The summed E-state index contributed by atoms with van der Waals surface area (Å²) in [5, 5.41) is 3.41. The Bertz CT molecular complexity index is 695. The van der Waals surface area contributed by atoms with Gasteiger partial charge in [-0.15, -0.1) is 12.4 Å². The van der Waals surface area contributed by atoms with Crippen molar-refractivity contribution in [3.8, 4) is 5.75 Å². The number of carbonyl (C=O) groups is 1. The van der Waals surface area contributed by atoms with E-state index in [0.29, 0.717) is 19.8 Å². The maximum atomic E-state index is 12.9. The first kappa shape index (κ1) is 23.1. The molecule has 1 N–H and O–H groups in total. The van der Waals surface area contributed by atoms with Crippen molar-refractivity contribution in [1.82, 2.24) is 15.2 Å². The molecular weight excluding hydrogens is 390 g/mol. The normalized spacial score (nSPS) is 16.3. The highest BCUT2D eigenvalue weighted by atomic mass is 35.5. The molecule has 1 unspecified atom stereocenters. The topological polar surface area (TPSA) is 63.7 Å². The van der Waals surface area contributed by atoms with Crippen LogP contribution in [0.5, 0.6) is 5.75 Å². The lowest BCUT2D eigenvalue weighted by Crippen LogP contribution is -2.42. The Hall–Kier alpha value is -2.15. The molecule has 1 amide bonds. The Morgan fingerprint density at radius 2 is 1.90 bits per heavy atom. The average Bonchev–Trinajstić information content (AvgIpc) is 3.02. The Kier molecular flexibility index (Phi) is 10.5. The lowest BCUT2D eigenvalue weighted by atomic mass is 10.1. The number of rotatable bonds is 9. The van der Waals surface area contributed by atoms with Crippen LogP contribution in [0, 0.1) is 0 Å². The molecule has 1 aromatic carbocycles. The van der Waals surface area contributed by atoms with E-state index in [-0.39, 0.29) is 31.0 Å². The zero-order chi connectivity index (χ0) is 19.4. The van der Waals surface area contributed by atoms with Crippen molar-refractivity contribution in [3.05, 3.63) is 60.4 Å². The largest absolute Gasteiger partial charge is 0.491 e. The lowest BCUT2D eigenvalue weighted by Gasteiger charge is -2.31. The second kappa shape index (κ2) is 13.1. The van der Waals surface area contributed by atoms with Crippen molar-refractivity contribution in [3.63, 3.8) is 0 Å². The molecule has 2 aromatic rings. The fourth-order valence-corrected chi connectivity index (χ4v) is 3.38. The van der Waals surface area contributed by atoms with Crippen molar-refractivity contribution in [2.24, 2.45) is 0 Å². The van der Waals surface area contributed by atoms with Crippen LogP contribution in [0.25, 0.3) is 0 Å². The molecule has 0 spiro atoms. The third kappa shape index (κ3) is 8.01. The SMILES string of the molecule is Cl.O=C(COCCOc1ccccc1)N(Cc1ccccn1)C1CCCNCC1. The predicted molar refractivity (Wildman–Crippen MR) is 115 cm³/mol. The van der Waals surface area contributed by atoms with E-state index in [0.717, 1.165) is 43.8 Å². The van der Waals surface area contributed by atoms with Gasteiger partial charge in [0.2, 0.25) is 5.91 Å². The van der Waals surface area contributed by atoms with Crippen LogP contribution >= 0.6 is 12.4 Å². The molecule has 0 aliphatic carbocycles. The minimum atomic E-state index is 0. The van der Waals surface area contributed by atoms with Crippen LogP contribution in [0.4, 0.5) is 0 Å². The number of para-hydroxylation sites is 1. The molecule has 6 nitrogen and oxygen atoms in total. The number of amides is 1. The maximum Gasteiger partial charge on any atom is 0.249 e. The monoisotopic (exact) mass is 419 g/mol. The van der Waals surface area contributed by atoms with Gasteiger partial charge in [-0.3, -0.25) is 9.78 Å². The predicted octanol–water partition coefficient (Wildman–Crippen LogP) is 3.07. The van der Waals surface area contributed by atoms with Gasteiger partial charge < -0.3 is 19.7 Å². The van der Waals surface area contributed by atoms with E-state index in [9.17, 15) is 4.79 Å². The molecule has 0 saturated carbocycles. The van der Waals surface area contributed by atoms with E-state index in [1.807, 2.05) is 53.4 Å². The summed E-state index contributed by atoms with van der Waals surface area (Å²) in [5.41, 5.74) is 0.903. The van der Waals surface area contributed by atoms with Crippen molar-refractivity contribution in [2.45, 2.75) is 31.8 Å². The summed E-state index contributed by atoms with van der Waals surface area (Å²) in [6.07, 6.45) is 4.80. The molecule has 1 aromatic heterocycles. The summed E-state index contributed by atoms with van der Waals surface area (Å²) >= 11 is 0. The van der Waals surface area contributed by atoms with Crippen molar-refractivity contribution >= 4 is 18.3 Å². The molecule has 1 saturated heterocycles. The molecule has 1 fully saturated rings. The molecule has 2 heterocycles. The molecule has 7 heteroatoms. The van der Waals surface area contributed by atoms with Crippen LogP contribution in [0.1, 0.15) is 25.0 Å². The van der Waals surface area contributed by atoms with E-state index < -0.39 is 0 Å². The first-order chi connectivity index (χ1) is 13.8. The third-order valence-electron chi connectivity index (χ3n) is 4.83. The second-order valence-corrected chi connectivity index (χ2v) is 6.89. The van der Waals surface area contributed by atoms with Crippen molar-refractivity contribution < 1.29 is 14.3 Å². The van der Waals surface area contributed by atoms with E-state index in [4.69, 9.17) is 9.47 Å². The number of nitrogens with zero attached hydrogens (tertiary/aromatic N) is 2. The summed E-state index contributed by atoms with van der Waals surface area (Å²) in [6.45, 7) is 3.33. The second-order valence-electron chi connectivity index (χ2n) is 6.89. The lowest BCUT2D eigenvalue weighted by molar-refractivity contribution is -0.139. The minimum Gasteiger partial charge on any atom is -0.491 e. The molecule has 3 rings (SSSR count). The summed E-state index contributed by atoms with van der Waals surface area (Å²) < 4.78 is 11.2. The van der Waals surface area contributed by atoms with Crippen molar-refractivity contribution in [2.75, 3.05) is 32.9 Å². The Labute approximate surface area is 179 Å². The number of halogens is 1. The highest BCUT2D eigenvalue weighted by Gasteiger charge is 2.25. The van der Waals surface area contributed by atoms with Gasteiger partial charge in [0.15, 0.2) is 0 Å². The highest BCUT2D eigenvalue weighted by molar-refractivity contribution is 5.85. The van der Waals surface area contributed by atoms with Crippen LogP contribution < -0.4 is 10.1 Å². The van der Waals surface area contributed by atoms with Crippen LogP contribution in [-0.2, 0) is 16.1 Å². The average molecular weight is 420 g/mol. The highest BCUT2D eigenvalue weighted by Crippen LogP contribution is 2.17. The van der Waals surface area contributed by atoms with E-state index in [1.165, 1.54) is 0 Å². The Morgan fingerprint density at radius 3 is 2.69 bits per heavy atom. The third-order valence-corrected chi connectivity index (χ3v) is 4.83. The zero-order valence-corrected chi connectivity index (χ0v) is 17.5. The van der Waals surface area contributed by atoms with Gasteiger partial charge in [-0.1, -0.05) is 24.3 Å². The fraction of sp³-hybridized carbons (Fsp3) is 0.455. The van der Waals surface area contributed by atoms with E-state index in [2.05, 4.69) is 10.3 Å². The number of carbonyl (C=O) groups excluding carboxylic acids is 1. The first-order valence-electron chi connectivity index (χ1n) is 9.98. The van der Waals surface area contributed by atoms with Gasteiger partial charge in [-0.2, -0.15) is 0 Å². The van der Waals surface area contributed by atoms with E-state index >= 15 is 0 Å². The number of hydrogen-bond donors (Lipinski definition) is 1. The minimum absolute atomic E-state index is 0. The zero-order valence-electron chi connectivity index (χ0n) is 16.7. The molecule has 0 radical (unpaired) electrons. The first-order valence-corrected chi connectivity index (χ1v) is 9.98. The van der Waals surface area contributed by atoms with Crippen LogP contribution in [-0.4, -0.2) is 54.7 Å². The summed E-state index contributed by atoms with van der Waals surface area (Å²) in [5.74, 6) is 0.817. The fourth-order valence-electron chi connectivity index (χ4n) is 3.38. The summed E-state index contributed by atoms with van der Waals surface area (Å²) in [4.78, 5) is 19.2. The molecule has 1 aliphatic heterocycles. The standard InChI is InChI=1S/C22H29N3O3.ClH/c26-22(18-27-15-16-28-21-9-2-1-3-10-21)25(17-19-7-4-5-13-24-19)20-8-6-12-23-14-11-20;/h1-5,7,9-10,13,20,23H,6,8,11-12,14-18H2;1H. The van der Waals surface area contributed by atoms with Gasteiger partial charge in [0.1, 0.15) is 19.0 Å². The number of hydrogen-bond acceptors (Lipinski definition) is 5. The molecule has 1 aliphatic rings. The smallest absolute Gasteiger partial charge is 0.249 e. The van der Waals surface area contributed by atoms with Gasteiger partial charge >= 0.3 is 0 Å². The number of nitrogens with one attached hydrogen (secondary N) is 1. The number of ether oxygens (including phenoxy) is 2. The Balaban J connectivity index is 0.00000300. The van der Waals surface area contributed by atoms with Gasteiger partial charge in [-0.05, 0) is 56.6 Å². The molecule has 1 atom stereocenters. The quantitative estimate of drug-likeness (QED) is 0.633. The van der Waals surface area contributed by atoms with Crippen LogP contribution in [0.2, 0.25) is 0 Å². The number of pyridine rings is 1. The molecular formula is C22H30ClN3O3. The molecule has 0 bridgehead atoms. The van der Waals surface area contributed by atoms with Gasteiger partial charge in [0, 0.05) is 12.2 Å². The molecule has 29 heavy (non-hydrogen) atoms.